The van der Waals surface area contributed by atoms with E-state index in [0.29, 0.717) is 11.0 Å². The Labute approximate surface area is 97.0 Å². The molecule has 37 valence electrons. The molecule has 4 heteroatoms. The van der Waals surface area contributed by atoms with E-state index in [1.807, 2.05) is 6.92 Å². The van der Waals surface area contributed by atoms with Crippen LogP contribution in [0.4, 0.5) is 0 Å². The molecule has 1 radical (unpaired) electrons. The minimum absolute atomic E-state index is 0. The van der Waals surface area contributed by atoms with E-state index >= 15 is 0 Å². The second-order valence-electron chi connectivity index (χ2n) is 0.699. The van der Waals surface area contributed by atoms with Crippen molar-refractivity contribution in [1.82, 2.24) is 0 Å². The van der Waals surface area contributed by atoms with Gasteiger partial charge >= 0.3 is 0 Å². The van der Waals surface area contributed by atoms with Crippen LogP contribution < -0.4 is 0 Å². The summed E-state index contributed by atoms with van der Waals surface area (Å²) in [5.41, 5.74) is 0. The summed E-state index contributed by atoms with van der Waals surface area (Å²) in [5, 5.41) is 0. The van der Waals surface area contributed by atoms with E-state index in [1.54, 1.807) is 0 Å². The normalized spacial score (nSPS) is 6.57. The van der Waals surface area contributed by atoms with Crippen molar-refractivity contribution < 1.29 is 4.74 Å². The Morgan fingerprint density at radius 2 is 2.29 bits per heavy atom. The molecule has 0 aromatic heterocycles. The molecule has 0 rings (SSSR count). The van der Waals surface area contributed by atoms with Crippen LogP contribution in [0.5, 0.6) is 0 Å². The van der Waals surface area contributed by atoms with Crippen molar-refractivity contribution in [3.8, 4) is 0 Å². The SMILES string of the molecule is CCOC(=S)S.[K]. The van der Waals surface area contributed by atoms with Crippen molar-refractivity contribution in [2.24, 2.45) is 0 Å². The number of thiol groups is 1. The zero-order chi connectivity index (χ0) is 4.99. The Balaban J connectivity index is 0. The molecule has 0 unspecified atom stereocenters. The van der Waals surface area contributed by atoms with E-state index in [4.69, 9.17) is 0 Å². The van der Waals surface area contributed by atoms with Crippen molar-refractivity contribution in [2.45, 2.75) is 6.92 Å². The maximum Gasteiger partial charge on any atom is 0.216 e. The molecule has 0 fully saturated rings. The monoisotopic (exact) mass is 161 g/mol. The van der Waals surface area contributed by atoms with Gasteiger partial charge in [0.1, 0.15) is 0 Å². The van der Waals surface area contributed by atoms with E-state index in [0.717, 1.165) is 0 Å². The van der Waals surface area contributed by atoms with Gasteiger partial charge in [-0.2, -0.15) is 0 Å². The summed E-state index contributed by atoms with van der Waals surface area (Å²) in [6, 6.07) is 0. The van der Waals surface area contributed by atoms with Crippen LogP contribution in [-0.4, -0.2) is 62.4 Å². The van der Waals surface area contributed by atoms with E-state index in [-0.39, 0.29) is 51.4 Å². The maximum absolute atomic E-state index is 4.64. The number of rotatable bonds is 1. The van der Waals surface area contributed by atoms with Crippen LogP contribution in [0.25, 0.3) is 0 Å². The third kappa shape index (κ3) is 11.4. The van der Waals surface area contributed by atoms with Gasteiger partial charge in [-0.3, -0.25) is 0 Å². The van der Waals surface area contributed by atoms with E-state index < -0.39 is 0 Å². The first-order valence-corrected chi connectivity index (χ1v) is 2.48. The van der Waals surface area contributed by atoms with Crippen LogP contribution in [0.1, 0.15) is 6.92 Å². The van der Waals surface area contributed by atoms with Gasteiger partial charge in [0.15, 0.2) is 0 Å². The molecule has 0 spiro atoms. The molecule has 0 amide bonds. The van der Waals surface area contributed by atoms with Crippen LogP contribution in [-0.2, 0) is 4.74 Å². The maximum atomic E-state index is 4.64. The quantitative estimate of drug-likeness (QED) is 0.347. The Morgan fingerprint density at radius 1 is 1.86 bits per heavy atom. The zero-order valence-electron chi connectivity index (χ0n) is 4.47. The topological polar surface area (TPSA) is 9.23 Å². The van der Waals surface area contributed by atoms with E-state index in [9.17, 15) is 0 Å². The number of hydrogen-bond acceptors (Lipinski definition) is 2. The molecule has 0 saturated heterocycles. The predicted molar refractivity (Wildman–Crippen MR) is 39.0 cm³/mol. The molecule has 0 aromatic carbocycles. The van der Waals surface area contributed by atoms with Crippen molar-refractivity contribution in [3.05, 3.63) is 0 Å². The van der Waals surface area contributed by atoms with Crippen molar-refractivity contribution in [3.63, 3.8) is 0 Å². The number of thiocarbonyl (C=S) groups is 1. The molecule has 0 aliphatic carbocycles. The summed E-state index contributed by atoms with van der Waals surface area (Å²) in [6.45, 7) is 2.48. The molecular weight excluding hydrogens is 155 g/mol. The smallest absolute Gasteiger partial charge is 0.216 e. The van der Waals surface area contributed by atoms with Crippen LogP contribution in [0.15, 0.2) is 0 Å². The van der Waals surface area contributed by atoms with Crippen molar-refractivity contribution in [1.29, 1.82) is 0 Å². The zero-order valence-corrected chi connectivity index (χ0v) is 9.30. The Morgan fingerprint density at radius 3 is 2.29 bits per heavy atom. The first-order valence-electron chi connectivity index (χ1n) is 1.63. The summed E-state index contributed by atoms with van der Waals surface area (Å²) in [4.78, 5) is 0. The number of ether oxygens (including phenoxy) is 1. The largest absolute Gasteiger partial charge is 0.479 e. The molecule has 0 N–H and O–H groups in total. The molecule has 0 atom stereocenters. The fourth-order valence-corrected chi connectivity index (χ4v) is 0.370. The molecule has 0 heterocycles. The molecule has 0 aromatic rings. The Hall–Kier alpha value is 1.88. The van der Waals surface area contributed by atoms with Gasteiger partial charge in [-0.25, -0.2) is 0 Å². The van der Waals surface area contributed by atoms with E-state index in [1.165, 1.54) is 0 Å². The summed E-state index contributed by atoms with van der Waals surface area (Å²) in [5.74, 6) is 0. The van der Waals surface area contributed by atoms with Gasteiger partial charge in [0.25, 0.3) is 0 Å². The van der Waals surface area contributed by atoms with Crippen molar-refractivity contribution >= 4 is 80.6 Å². The summed E-state index contributed by atoms with van der Waals surface area (Å²) in [7, 11) is 0. The second-order valence-corrected chi connectivity index (χ2v) is 1.78. The van der Waals surface area contributed by atoms with Crippen LogP contribution >= 0.6 is 24.8 Å². The van der Waals surface area contributed by atoms with Gasteiger partial charge in [-0.15, -0.1) is 0 Å². The van der Waals surface area contributed by atoms with E-state index in [2.05, 4.69) is 29.6 Å². The Kier molecular flexibility index (Phi) is 13.1. The summed E-state index contributed by atoms with van der Waals surface area (Å²) < 4.78 is 4.95. The predicted octanol–water partition coefficient (Wildman–Crippen LogP) is 0.857. The van der Waals surface area contributed by atoms with Gasteiger partial charge in [0.2, 0.25) is 4.38 Å². The fourth-order valence-electron chi connectivity index (χ4n) is 0.123. The molecule has 0 bridgehead atoms. The molecule has 0 aliphatic rings. The molecule has 7 heavy (non-hydrogen) atoms. The fraction of sp³-hybridized carbons (Fsp3) is 0.667. The van der Waals surface area contributed by atoms with Crippen LogP contribution in [0.2, 0.25) is 0 Å². The van der Waals surface area contributed by atoms with Gasteiger partial charge < -0.3 is 4.74 Å². The standard InChI is InChI=1S/C3H6OS2.K/c1-2-4-3(5)6;/h2H2,1H3,(H,5,6);. The van der Waals surface area contributed by atoms with Gasteiger partial charge in [0, 0.05) is 51.4 Å². The van der Waals surface area contributed by atoms with Gasteiger partial charge in [-0.05, 0) is 19.1 Å². The first kappa shape index (κ1) is 11.6. The van der Waals surface area contributed by atoms with Gasteiger partial charge in [0.05, 0.1) is 6.61 Å². The molecule has 0 aliphatic heterocycles. The third-order valence-electron chi connectivity index (χ3n) is 0.268. The Bertz CT molecular complexity index is 56.9. The van der Waals surface area contributed by atoms with Crippen LogP contribution in [0, 0.1) is 0 Å². The average Bonchev–Trinajstić information content (AvgIpc) is 1.35. The molecule has 0 saturated carbocycles. The summed E-state index contributed by atoms with van der Waals surface area (Å²) >= 11 is 8.12. The minimum atomic E-state index is 0. The average molecular weight is 161 g/mol. The summed E-state index contributed by atoms with van der Waals surface area (Å²) in [6.07, 6.45) is 0. The second kappa shape index (κ2) is 7.88. The molecule has 1 nitrogen and oxygen atoms in total. The number of hydrogen-bond donors (Lipinski definition) is 1. The third-order valence-corrected chi connectivity index (χ3v) is 0.515. The van der Waals surface area contributed by atoms with Crippen molar-refractivity contribution in [2.75, 3.05) is 6.61 Å². The first-order chi connectivity index (χ1) is 2.77. The molecular formula is C3H6KOS2. The van der Waals surface area contributed by atoms with Gasteiger partial charge in [-0.1, -0.05) is 12.6 Å². The minimum Gasteiger partial charge on any atom is -0.479 e. The van der Waals surface area contributed by atoms with Crippen LogP contribution in [0.3, 0.4) is 0 Å².